The van der Waals surface area contributed by atoms with E-state index in [1.165, 1.54) is 12.1 Å². The maximum atomic E-state index is 13.7. The van der Waals surface area contributed by atoms with Crippen LogP contribution in [0.25, 0.3) is 0 Å². The van der Waals surface area contributed by atoms with Gasteiger partial charge in [0.05, 0.1) is 17.2 Å². The highest BCUT2D eigenvalue weighted by molar-refractivity contribution is 9.10. The van der Waals surface area contributed by atoms with Crippen molar-refractivity contribution in [3.8, 4) is 6.07 Å². The first-order chi connectivity index (χ1) is 10.0. The average Bonchev–Trinajstić information content (AvgIpc) is 2.45. The molecule has 2 aromatic rings. The lowest BCUT2D eigenvalue weighted by Gasteiger charge is -2.08. The number of benzene rings is 2. The van der Waals surface area contributed by atoms with Crippen molar-refractivity contribution < 1.29 is 9.18 Å². The van der Waals surface area contributed by atoms with Crippen molar-refractivity contribution >= 4 is 21.8 Å². The van der Waals surface area contributed by atoms with Gasteiger partial charge in [0.25, 0.3) is 5.91 Å². The molecule has 2 aromatic carbocycles. The van der Waals surface area contributed by atoms with Gasteiger partial charge in [0.1, 0.15) is 5.82 Å². The molecule has 0 saturated carbocycles. The predicted molar refractivity (Wildman–Crippen MR) is 81.2 cm³/mol. The Kier molecular flexibility index (Phi) is 4.71. The monoisotopic (exact) mass is 346 g/mol. The van der Waals surface area contributed by atoms with Crippen molar-refractivity contribution in [2.24, 2.45) is 0 Å². The van der Waals surface area contributed by atoms with E-state index >= 15 is 0 Å². The number of nitrogens with one attached hydrogen (secondary N) is 1. The van der Waals surface area contributed by atoms with Crippen LogP contribution in [0, 0.1) is 24.1 Å². The zero-order valence-corrected chi connectivity index (χ0v) is 12.9. The van der Waals surface area contributed by atoms with Gasteiger partial charge in [-0.2, -0.15) is 5.26 Å². The van der Waals surface area contributed by atoms with Crippen LogP contribution in [-0.4, -0.2) is 5.91 Å². The molecule has 0 atom stereocenters. The van der Waals surface area contributed by atoms with Crippen molar-refractivity contribution in [1.29, 1.82) is 5.26 Å². The summed E-state index contributed by atoms with van der Waals surface area (Å²) in [6.45, 7) is 2.00. The number of carbonyl (C=O) groups is 1. The molecule has 0 spiro atoms. The smallest absolute Gasteiger partial charge is 0.252 e. The van der Waals surface area contributed by atoms with Gasteiger partial charge < -0.3 is 5.32 Å². The number of aryl methyl sites for hydroxylation is 1. The molecule has 5 heteroatoms. The molecule has 106 valence electrons. The van der Waals surface area contributed by atoms with Crippen LogP contribution in [0.15, 0.2) is 40.9 Å². The molecule has 0 unspecified atom stereocenters. The molecule has 1 amide bonds. The third kappa shape index (κ3) is 3.67. The highest BCUT2D eigenvalue weighted by Crippen LogP contribution is 2.18. The van der Waals surface area contributed by atoms with Crippen molar-refractivity contribution in [3.05, 3.63) is 68.9 Å². The fourth-order valence-electron chi connectivity index (χ4n) is 1.84. The Morgan fingerprint density at radius 1 is 1.33 bits per heavy atom. The van der Waals surface area contributed by atoms with Crippen LogP contribution in [-0.2, 0) is 6.54 Å². The minimum Gasteiger partial charge on any atom is -0.348 e. The van der Waals surface area contributed by atoms with E-state index in [2.05, 4.69) is 21.2 Å². The lowest BCUT2D eigenvalue weighted by molar-refractivity contribution is 0.0950. The van der Waals surface area contributed by atoms with Gasteiger partial charge in [0.2, 0.25) is 0 Å². The SMILES string of the molecule is Cc1ccc(C(=O)NCc2ccc(C#N)cc2F)c(Br)c1. The van der Waals surface area contributed by atoms with Gasteiger partial charge in [-0.25, -0.2) is 4.39 Å². The van der Waals surface area contributed by atoms with E-state index < -0.39 is 5.82 Å². The van der Waals surface area contributed by atoms with Crippen LogP contribution in [0.2, 0.25) is 0 Å². The summed E-state index contributed by atoms with van der Waals surface area (Å²) in [7, 11) is 0. The molecular formula is C16H12BrFN2O. The maximum absolute atomic E-state index is 13.7. The summed E-state index contributed by atoms with van der Waals surface area (Å²) >= 11 is 3.34. The molecule has 0 heterocycles. The summed E-state index contributed by atoms with van der Waals surface area (Å²) in [4.78, 5) is 12.1. The van der Waals surface area contributed by atoms with Crippen LogP contribution in [0.4, 0.5) is 4.39 Å². The number of nitrogens with zero attached hydrogens (tertiary/aromatic N) is 1. The summed E-state index contributed by atoms with van der Waals surface area (Å²) in [5.74, 6) is -0.789. The number of nitriles is 1. The van der Waals surface area contributed by atoms with E-state index in [-0.39, 0.29) is 18.0 Å². The molecule has 0 aromatic heterocycles. The van der Waals surface area contributed by atoms with Crippen LogP contribution in [0.3, 0.4) is 0 Å². The van der Waals surface area contributed by atoms with Gasteiger partial charge in [-0.3, -0.25) is 4.79 Å². The molecular weight excluding hydrogens is 335 g/mol. The first-order valence-electron chi connectivity index (χ1n) is 6.24. The molecule has 3 nitrogen and oxygen atoms in total. The highest BCUT2D eigenvalue weighted by Gasteiger charge is 2.11. The molecule has 0 radical (unpaired) electrons. The molecule has 0 fully saturated rings. The van der Waals surface area contributed by atoms with E-state index in [1.54, 1.807) is 6.07 Å². The molecule has 21 heavy (non-hydrogen) atoms. The zero-order chi connectivity index (χ0) is 15.4. The van der Waals surface area contributed by atoms with E-state index in [9.17, 15) is 9.18 Å². The summed E-state index contributed by atoms with van der Waals surface area (Å²) in [5, 5.41) is 11.3. The second-order valence-electron chi connectivity index (χ2n) is 4.58. The fourth-order valence-corrected chi connectivity index (χ4v) is 2.51. The topological polar surface area (TPSA) is 52.9 Å². The Morgan fingerprint density at radius 2 is 2.10 bits per heavy atom. The number of halogens is 2. The number of carbonyl (C=O) groups excluding carboxylic acids is 1. The van der Waals surface area contributed by atoms with Gasteiger partial charge in [-0.15, -0.1) is 0 Å². The van der Waals surface area contributed by atoms with Crippen LogP contribution in [0.1, 0.15) is 27.0 Å². The van der Waals surface area contributed by atoms with Gasteiger partial charge in [0.15, 0.2) is 0 Å². The minimum absolute atomic E-state index is 0.0662. The second-order valence-corrected chi connectivity index (χ2v) is 5.44. The first-order valence-corrected chi connectivity index (χ1v) is 7.03. The quantitative estimate of drug-likeness (QED) is 0.921. The summed E-state index contributed by atoms with van der Waals surface area (Å²) in [5.41, 5.74) is 2.13. The lowest BCUT2D eigenvalue weighted by atomic mass is 10.1. The van der Waals surface area contributed by atoms with Gasteiger partial charge in [0, 0.05) is 16.6 Å². The molecule has 0 aliphatic carbocycles. The van der Waals surface area contributed by atoms with E-state index in [0.29, 0.717) is 15.6 Å². The van der Waals surface area contributed by atoms with Gasteiger partial charge in [-0.05, 0) is 52.7 Å². The zero-order valence-electron chi connectivity index (χ0n) is 11.3. The predicted octanol–water partition coefficient (Wildman–Crippen LogP) is 3.70. The Balaban J connectivity index is 2.09. The van der Waals surface area contributed by atoms with Gasteiger partial charge >= 0.3 is 0 Å². The van der Waals surface area contributed by atoms with Crippen LogP contribution in [0.5, 0.6) is 0 Å². The molecule has 0 bridgehead atoms. The van der Waals surface area contributed by atoms with E-state index in [4.69, 9.17) is 5.26 Å². The Morgan fingerprint density at radius 3 is 2.71 bits per heavy atom. The number of hydrogen-bond acceptors (Lipinski definition) is 2. The summed E-state index contributed by atoms with van der Waals surface area (Å²) < 4.78 is 14.4. The van der Waals surface area contributed by atoms with E-state index in [0.717, 1.165) is 11.6 Å². The number of amides is 1. The summed E-state index contributed by atoms with van der Waals surface area (Å²) in [6, 6.07) is 11.4. The van der Waals surface area contributed by atoms with Crippen LogP contribution < -0.4 is 5.32 Å². The molecule has 2 rings (SSSR count). The second kappa shape index (κ2) is 6.51. The largest absolute Gasteiger partial charge is 0.348 e. The third-order valence-electron chi connectivity index (χ3n) is 2.99. The van der Waals surface area contributed by atoms with Crippen molar-refractivity contribution in [2.75, 3.05) is 0 Å². The van der Waals surface area contributed by atoms with Crippen molar-refractivity contribution in [2.45, 2.75) is 13.5 Å². The highest BCUT2D eigenvalue weighted by atomic mass is 79.9. The van der Waals surface area contributed by atoms with Gasteiger partial charge in [-0.1, -0.05) is 12.1 Å². The minimum atomic E-state index is -0.502. The third-order valence-corrected chi connectivity index (χ3v) is 3.65. The molecule has 0 saturated heterocycles. The number of hydrogen-bond donors (Lipinski definition) is 1. The molecule has 0 aliphatic rings. The Hall–Kier alpha value is -2.19. The molecule has 0 aliphatic heterocycles. The summed E-state index contributed by atoms with van der Waals surface area (Å²) in [6.07, 6.45) is 0. The average molecular weight is 347 g/mol. The van der Waals surface area contributed by atoms with Crippen molar-refractivity contribution in [1.82, 2.24) is 5.32 Å². The lowest BCUT2D eigenvalue weighted by Crippen LogP contribution is -2.23. The normalized spacial score (nSPS) is 10.0. The standard InChI is InChI=1S/C16H12BrFN2O/c1-10-2-5-13(14(17)6-10)16(21)20-9-12-4-3-11(8-19)7-15(12)18/h2-7H,9H2,1H3,(H,20,21). The maximum Gasteiger partial charge on any atom is 0.252 e. The Labute approximate surface area is 130 Å². The van der Waals surface area contributed by atoms with Crippen LogP contribution >= 0.6 is 15.9 Å². The number of rotatable bonds is 3. The van der Waals surface area contributed by atoms with E-state index in [1.807, 2.05) is 25.1 Å². The fraction of sp³-hybridized carbons (Fsp3) is 0.125. The van der Waals surface area contributed by atoms with Crippen molar-refractivity contribution in [3.63, 3.8) is 0 Å². The molecule has 1 N–H and O–H groups in total. The Bertz CT molecular complexity index is 738. The first kappa shape index (κ1) is 15.2.